The van der Waals surface area contributed by atoms with Gasteiger partial charge in [0.05, 0.1) is 0 Å². The topological polar surface area (TPSA) is 44.8 Å². The molecular formula is C19H18IO4P. The van der Waals surface area contributed by atoms with Crippen molar-refractivity contribution in [3.8, 4) is 17.2 Å². The Bertz CT molecular complexity index is 795. The highest BCUT2D eigenvalue weighted by molar-refractivity contribution is 14.0. The number of aryl methyl sites for hydroxylation is 1. The first-order valence-electron chi connectivity index (χ1n) is 7.49. The van der Waals surface area contributed by atoms with Gasteiger partial charge < -0.3 is 13.6 Å². The maximum atomic E-state index is 13.2. The fraction of sp³-hybridized carbons (Fsp3) is 0.0526. The number of halogens is 1. The second-order valence-electron chi connectivity index (χ2n) is 5.11. The van der Waals surface area contributed by atoms with E-state index in [2.05, 4.69) is 0 Å². The molecule has 3 rings (SSSR count). The molecule has 0 atom stereocenters. The Morgan fingerprint density at radius 3 is 1.56 bits per heavy atom. The number of hydrogen-bond donors (Lipinski definition) is 0. The van der Waals surface area contributed by atoms with Crippen molar-refractivity contribution in [1.82, 2.24) is 0 Å². The summed E-state index contributed by atoms with van der Waals surface area (Å²) >= 11 is 0. The zero-order valence-electron chi connectivity index (χ0n) is 13.6. The number of benzene rings is 3. The summed E-state index contributed by atoms with van der Waals surface area (Å²) in [7, 11) is -3.91. The monoisotopic (exact) mass is 468 g/mol. The molecule has 0 saturated carbocycles. The predicted octanol–water partition coefficient (Wildman–Crippen LogP) is 6.26. The lowest BCUT2D eigenvalue weighted by Crippen LogP contribution is -2.08. The third-order valence-corrected chi connectivity index (χ3v) is 4.51. The number of rotatable bonds is 6. The average molecular weight is 468 g/mol. The second kappa shape index (κ2) is 8.92. The molecule has 4 nitrogen and oxygen atoms in total. The molecule has 0 heterocycles. The summed E-state index contributed by atoms with van der Waals surface area (Å²) in [6.45, 7) is 1.87. The number of phosphoric acid groups is 1. The van der Waals surface area contributed by atoms with Crippen LogP contribution in [0.2, 0.25) is 0 Å². The van der Waals surface area contributed by atoms with Gasteiger partial charge in [0.15, 0.2) is 0 Å². The molecule has 3 aromatic rings. The maximum Gasteiger partial charge on any atom is 0.647 e. The van der Waals surface area contributed by atoms with Crippen LogP contribution < -0.4 is 13.6 Å². The summed E-state index contributed by atoms with van der Waals surface area (Å²) in [6, 6.07) is 24.9. The van der Waals surface area contributed by atoms with Crippen LogP contribution in [0, 0.1) is 6.92 Å². The number of phosphoric ester groups is 1. The SMILES string of the molecule is Cc1ccccc1OP(=O)(Oc1ccccc1)Oc1ccccc1.I. The van der Waals surface area contributed by atoms with E-state index in [1.54, 1.807) is 60.7 Å². The van der Waals surface area contributed by atoms with Gasteiger partial charge in [-0.25, -0.2) is 0 Å². The van der Waals surface area contributed by atoms with Crippen LogP contribution in [0.1, 0.15) is 5.56 Å². The van der Waals surface area contributed by atoms with Crippen LogP contribution in [0.15, 0.2) is 84.9 Å². The molecule has 0 unspecified atom stereocenters. The summed E-state index contributed by atoms with van der Waals surface area (Å²) < 4.78 is 30.0. The number of hydrogen-bond acceptors (Lipinski definition) is 4. The van der Waals surface area contributed by atoms with Crippen molar-refractivity contribution in [2.45, 2.75) is 6.92 Å². The van der Waals surface area contributed by atoms with Crippen molar-refractivity contribution in [3.05, 3.63) is 90.5 Å². The summed E-state index contributed by atoms with van der Waals surface area (Å²) in [5.41, 5.74) is 0.839. The van der Waals surface area contributed by atoms with E-state index in [4.69, 9.17) is 13.6 Å². The smallest absolute Gasteiger partial charge is 0.386 e. The highest BCUT2D eigenvalue weighted by Gasteiger charge is 2.33. The Hall–Kier alpha value is -1.98. The zero-order chi connectivity index (χ0) is 16.8. The standard InChI is InChI=1S/C19H17O4P.HI/c1-16-10-8-9-15-19(16)23-24(20,21-17-11-4-2-5-12-17)22-18-13-6-3-7-14-18;/h2-15H,1H3;1H. The molecule has 0 aliphatic rings. The van der Waals surface area contributed by atoms with Crippen molar-refractivity contribution >= 4 is 31.8 Å². The van der Waals surface area contributed by atoms with Gasteiger partial charge in [-0.3, -0.25) is 0 Å². The second-order valence-corrected chi connectivity index (χ2v) is 6.55. The Kier molecular flexibility index (Phi) is 6.91. The van der Waals surface area contributed by atoms with E-state index in [1.165, 1.54) is 0 Å². The van der Waals surface area contributed by atoms with Crippen molar-refractivity contribution in [1.29, 1.82) is 0 Å². The van der Waals surface area contributed by atoms with Crippen LogP contribution in [-0.4, -0.2) is 0 Å². The molecule has 0 saturated heterocycles. The minimum absolute atomic E-state index is 0. The Balaban J connectivity index is 0.00000225. The van der Waals surface area contributed by atoms with Crippen LogP contribution in [-0.2, 0) is 4.57 Å². The van der Waals surface area contributed by atoms with E-state index < -0.39 is 7.82 Å². The molecule has 0 amide bonds. The van der Waals surface area contributed by atoms with Crippen molar-refractivity contribution < 1.29 is 18.1 Å². The predicted molar refractivity (Wildman–Crippen MR) is 109 cm³/mol. The van der Waals surface area contributed by atoms with E-state index in [-0.39, 0.29) is 24.0 Å². The molecule has 6 heteroatoms. The molecular weight excluding hydrogens is 450 g/mol. The third kappa shape index (κ3) is 5.51. The minimum atomic E-state index is -3.91. The molecule has 25 heavy (non-hydrogen) atoms. The third-order valence-electron chi connectivity index (χ3n) is 3.22. The van der Waals surface area contributed by atoms with Gasteiger partial charge in [-0.15, -0.1) is 24.0 Å². The molecule has 0 fully saturated rings. The van der Waals surface area contributed by atoms with Gasteiger partial charge in [0.25, 0.3) is 0 Å². The molecule has 130 valence electrons. The zero-order valence-corrected chi connectivity index (χ0v) is 16.8. The molecule has 0 aliphatic carbocycles. The van der Waals surface area contributed by atoms with Crippen molar-refractivity contribution in [3.63, 3.8) is 0 Å². The van der Waals surface area contributed by atoms with E-state index in [1.807, 2.05) is 31.2 Å². The van der Waals surface area contributed by atoms with Crippen LogP contribution in [0.25, 0.3) is 0 Å². The van der Waals surface area contributed by atoms with Gasteiger partial charge in [-0.1, -0.05) is 54.6 Å². The molecule has 0 bridgehead atoms. The van der Waals surface area contributed by atoms with E-state index in [0.717, 1.165) is 5.56 Å². The molecule has 0 N–H and O–H groups in total. The first-order valence-corrected chi connectivity index (χ1v) is 8.95. The summed E-state index contributed by atoms with van der Waals surface area (Å²) in [4.78, 5) is 0. The lowest BCUT2D eigenvalue weighted by atomic mass is 10.2. The van der Waals surface area contributed by atoms with E-state index in [0.29, 0.717) is 17.2 Å². The van der Waals surface area contributed by atoms with Gasteiger partial charge in [0, 0.05) is 0 Å². The Labute approximate surface area is 164 Å². The molecule has 0 spiro atoms. The fourth-order valence-corrected chi connectivity index (χ4v) is 3.37. The molecule has 0 radical (unpaired) electrons. The van der Waals surface area contributed by atoms with Crippen LogP contribution in [0.3, 0.4) is 0 Å². The first-order chi connectivity index (χ1) is 11.6. The first kappa shape index (κ1) is 19.3. The lowest BCUT2D eigenvalue weighted by Gasteiger charge is -2.20. The fourth-order valence-electron chi connectivity index (χ4n) is 2.06. The van der Waals surface area contributed by atoms with Gasteiger partial charge >= 0.3 is 7.82 Å². The average Bonchev–Trinajstić information content (AvgIpc) is 2.58. The molecule has 0 aromatic heterocycles. The lowest BCUT2D eigenvalue weighted by molar-refractivity contribution is 0.298. The van der Waals surface area contributed by atoms with Crippen LogP contribution >= 0.6 is 31.8 Å². The number of para-hydroxylation sites is 3. The van der Waals surface area contributed by atoms with Gasteiger partial charge in [-0.05, 0) is 42.8 Å². The van der Waals surface area contributed by atoms with Gasteiger partial charge in [0.1, 0.15) is 17.2 Å². The van der Waals surface area contributed by atoms with Gasteiger partial charge in [-0.2, -0.15) is 4.57 Å². The maximum absolute atomic E-state index is 13.2. The van der Waals surface area contributed by atoms with Crippen molar-refractivity contribution in [2.24, 2.45) is 0 Å². The summed E-state index contributed by atoms with van der Waals surface area (Å²) in [5, 5.41) is 0. The normalized spacial score (nSPS) is 10.4. The highest BCUT2D eigenvalue weighted by atomic mass is 127. The summed E-state index contributed by atoms with van der Waals surface area (Å²) in [5.74, 6) is 1.27. The summed E-state index contributed by atoms with van der Waals surface area (Å²) in [6.07, 6.45) is 0. The molecule has 3 aromatic carbocycles. The van der Waals surface area contributed by atoms with Crippen LogP contribution in [0.4, 0.5) is 0 Å². The quantitative estimate of drug-likeness (QED) is 0.317. The van der Waals surface area contributed by atoms with E-state index >= 15 is 0 Å². The minimum Gasteiger partial charge on any atom is -0.386 e. The van der Waals surface area contributed by atoms with E-state index in [9.17, 15) is 4.57 Å². The Morgan fingerprint density at radius 1 is 0.640 bits per heavy atom. The van der Waals surface area contributed by atoms with Crippen molar-refractivity contribution in [2.75, 3.05) is 0 Å². The Morgan fingerprint density at radius 2 is 1.08 bits per heavy atom. The van der Waals surface area contributed by atoms with Gasteiger partial charge in [0.2, 0.25) is 0 Å². The largest absolute Gasteiger partial charge is 0.647 e. The highest BCUT2D eigenvalue weighted by Crippen LogP contribution is 2.50. The molecule has 0 aliphatic heterocycles. The van der Waals surface area contributed by atoms with Crippen LogP contribution in [0.5, 0.6) is 17.2 Å².